The van der Waals surface area contributed by atoms with Gasteiger partial charge in [0.05, 0.1) is 10.5 Å². The Kier molecular flexibility index (Phi) is 8.01. The second-order valence-corrected chi connectivity index (χ2v) is 9.68. The molecule has 6 nitrogen and oxygen atoms in total. The molecule has 2 heterocycles. The number of anilines is 1. The van der Waals surface area contributed by atoms with Crippen LogP contribution in [0.5, 0.6) is 0 Å². The third-order valence-electron chi connectivity index (χ3n) is 6.35. The number of fused-ring (bicyclic) bond motifs is 1. The van der Waals surface area contributed by atoms with Crippen LogP contribution in [0.3, 0.4) is 0 Å². The third kappa shape index (κ3) is 5.68. The predicted molar refractivity (Wildman–Crippen MR) is 140 cm³/mol. The fourth-order valence-electron chi connectivity index (χ4n) is 4.49. The summed E-state index contributed by atoms with van der Waals surface area (Å²) < 4.78 is 0. The van der Waals surface area contributed by atoms with Gasteiger partial charge in [0.25, 0.3) is 0 Å². The molecule has 0 bridgehead atoms. The molecule has 0 spiro atoms. The van der Waals surface area contributed by atoms with Crippen LogP contribution in [0.15, 0.2) is 48.5 Å². The van der Waals surface area contributed by atoms with Crippen molar-refractivity contribution in [2.45, 2.75) is 27.2 Å². The SMILES string of the molecule is CCN1CCN(C(=O)CCN(CC(C)C)c2nc(-c3ccccc3Cl)nc3ccccc23)CC1. The molecule has 7 heteroatoms. The van der Waals surface area contributed by atoms with Crippen molar-refractivity contribution >= 4 is 34.2 Å². The molecule has 1 aliphatic heterocycles. The van der Waals surface area contributed by atoms with Crippen LogP contribution >= 0.6 is 11.6 Å². The monoisotopic (exact) mass is 479 g/mol. The van der Waals surface area contributed by atoms with E-state index in [2.05, 4.69) is 36.6 Å². The number of piperazine rings is 1. The first-order valence-electron chi connectivity index (χ1n) is 12.2. The Bertz CT molecular complexity index is 1130. The van der Waals surface area contributed by atoms with Gasteiger partial charge < -0.3 is 14.7 Å². The topological polar surface area (TPSA) is 52.6 Å². The lowest BCUT2D eigenvalue weighted by Gasteiger charge is -2.35. The van der Waals surface area contributed by atoms with Gasteiger partial charge in [0.2, 0.25) is 5.91 Å². The number of amides is 1. The molecule has 4 rings (SSSR count). The maximum atomic E-state index is 13.0. The van der Waals surface area contributed by atoms with Gasteiger partial charge in [-0.25, -0.2) is 9.97 Å². The van der Waals surface area contributed by atoms with E-state index in [1.165, 1.54) is 0 Å². The Hall–Kier alpha value is -2.70. The summed E-state index contributed by atoms with van der Waals surface area (Å²) >= 11 is 6.49. The molecular weight excluding hydrogens is 446 g/mol. The first-order chi connectivity index (χ1) is 16.5. The minimum atomic E-state index is 0.217. The smallest absolute Gasteiger partial charge is 0.224 e. The van der Waals surface area contributed by atoms with Crippen molar-refractivity contribution in [2.24, 2.45) is 5.92 Å². The van der Waals surface area contributed by atoms with Gasteiger partial charge in [-0.15, -0.1) is 0 Å². The molecule has 1 saturated heterocycles. The van der Waals surface area contributed by atoms with Gasteiger partial charge >= 0.3 is 0 Å². The van der Waals surface area contributed by atoms with Crippen LogP contribution in [0.4, 0.5) is 5.82 Å². The summed E-state index contributed by atoms with van der Waals surface area (Å²) in [4.78, 5) is 29.5. The second kappa shape index (κ2) is 11.2. The summed E-state index contributed by atoms with van der Waals surface area (Å²) in [7, 11) is 0. The molecule has 0 N–H and O–H groups in total. The highest BCUT2D eigenvalue weighted by atomic mass is 35.5. The zero-order chi connectivity index (χ0) is 24.1. The van der Waals surface area contributed by atoms with Crippen molar-refractivity contribution < 1.29 is 4.79 Å². The van der Waals surface area contributed by atoms with E-state index in [1.54, 1.807) is 0 Å². The van der Waals surface area contributed by atoms with Crippen LogP contribution < -0.4 is 4.90 Å². The van der Waals surface area contributed by atoms with E-state index in [0.717, 1.165) is 61.6 Å². The first kappa shape index (κ1) is 24.4. The van der Waals surface area contributed by atoms with Crippen molar-refractivity contribution in [3.63, 3.8) is 0 Å². The Labute approximate surface area is 207 Å². The zero-order valence-electron chi connectivity index (χ0n) is 20.4. The maximum Gasteiger partial charge on any atom is 0.224 e. The number of nitrogens with zero attached hydrogens (tertiary/aromatic N) is 5. The summed E-state index contributed by atoms with van der Waals surface area (Å²) in [5.41, 5.74) is 1.68. The number of halogens is 1. The van der Waals surface area contributed by atoms with E-state index in [1.807, 2.05) is 47.4 Å². The number of rotatable bonds is 8. The van der Waals surface area contributed by atoms with Crippen LogP contribution in [-0.2, 0) is 4.79 Å². The molecule has 2 aromatic carbocycles. The van der Waals surface area contributed by atoms with Crippen LogP contribution in [0.1, 0.15) is 27.2 Å². The number of likely N-dealkylation sites (N-methyl/N-ethyl adjacent to an activating group) is 1. The summed E-state index contributed by atoms with van der Waals surface area (Å²) in [6.45, 7) is 12.5. The Balaban J connectivity index is 1.63. The van der Waals surface area contributed by atoms with E-state index in [-0.39, 0.29) is 5.91 Å². The van der Waals surface area contributed by atoms with E-state index in [0.29, 0.717) is 29.7 Å². The minimum Gasteiger partial charge on any atom is -0.355 e. The van der Waals surface area contributed by atoms with Crippen molar-refractivity contribution in [1.29, 1.82) is 0 Å². The fraction of sp³-hybridized carbons (Fsp3) is 0.444. The molecular formula is C27H34ClN5O. The average molecular weight is 480 g/mol. The molecule has 0 saturated carbocycles. The summed E-state index contributed by atoms with van der Waals surface area (Å²) in [6, 6.07) is 15.7. The Morgan fingerprint density at radius 1 is 1.03 bits per heavy atom. The number of benzene rings is 2. The van der Waals surface area contributed by atoms with Gasteiger partial charge in [-0.3, -0.25) is 4.79 Å². The lowest BCUT2D eigenvalue weighted by molar-refractivity contribution is -0.132. The maximum absolute atomic E-state index is 13.0. The lowest BCUT2D eigenvalue weighted by Crippen LogP contribution is -2.49. The molecule has 0 aliphatic carbocycles. The number of carbonyl (C=O) groups is 1. The third-order valence-corrected chi connectivity index (χ3v) is 6.68. The van der Waals surface area contributed by atoms with Gasteiger partial charge in [0, 0.05) is 56.6 Å². The van der Waals surface area contributed by atoms with Crippen LogP contribution in [0, 0.1) is 5.92 Å². The van der Waals surface area contributed by atoms with Crippen molar-refractivity contribution in [2.75, 3.05) is 50.7 Å². The number of hydrogen-bond acceptors (Lipinski definition) is 5. The van der Waals surface area contributed by atoms with Gasteiger partial charge in [-0.2, -0.15) is 0 Å². The Morgan fingerprint density at radius 3 is 2.44 bits per heavy atom. The Morgan fingerprint density at radius 2 is 1.74 bits per heavy atom. The fourth-order valence-corrected chi connectivity index (χ4v) is 4.71. The van der Waals surface area contributed by atoms with E-state index < -0.39 is 0 Å². The molecule has 0 radical (unpaired) electrons. The molecule has 1 aliphatic rings. The molecule has 0 unspecified atom stereocenters. The first-order valence-corrected chi connectivity index (χ1v) is 12.6. The molecule has 0 atom stereocenters. The molecule has 180 valence electrons. The number of carbonyl (C=O) groups excluding carboxylic acids is 1. The normalized spacial score (nSPS) is 14.7. The lowest BCUT2D eigenvalue weighted by atomic mass is 10.1. The molecule has 34 heavy (non-hydrogen) atoms. The second-order valence-electron chi connectivity index (χ2n) is 9.27. The highest BCUT2D eigenvalue weighted by Gasteiger charge is 2.22. The highest BCUT2D eigenvalue weighted by Crippen LogP contribution is 2.31. The number of hydrogen-bond donors (Lipinski definition) is 0. The van der Waals surface area contributed by atoms with Crippen LogP contribution in [-0.4, -0.2) is 71.5 Å². The van der Waals surface area contributed by atoms with Gasteiger partial charge in [-0.05, 0) is 36.7 Å². The standard InChI is InChI=1S/C27H34ClN5O/c1-4-31-15-17-32(18-16-31)25(34)13-14-33(19-20(2)3)27-22-10-6-8-12-24(22)29-26(30-27)21-9-5-7-11-23(21)28/h5-12,20H,4,13-19H2,1-3H3. The van der Waals surface area contributed by atoms with Crippen LogP contribution in [0.2, 0.25) is 5.02 Å². The largest absolute Gasteiger partial charge is 0.355 e. The highest BCUT2D eigenvalue weighted by molar-refractivity contribution is 6.33. The van der Waals surface area contributed by atoms with Gasteiger partial charge in [0.15, 0.2) is 5.82 Å². The van der Waals surface area contributed by atoms with Crippen LogP contribution in [0.25, 0.3) is 22.3 Å². The van der Waals surface area contributed by atoms with Crippen molar-refractivity contribution in [3.8, 4) is 11.4 Å². The minimum absolute atomic E-state index is 0.217. The van der Waals surface area contributed by atoms with Crippen molar-refractivity contribution in [3.05, 3.63) is 53.6 Å². The van der Waals surface area contributed by atoms with Crippen molar-refractivity contribution in [1.82, 2.24) is 19.8 Å². The zero-order valence-corrected chi connectivity index (χ0v) is 21.1. The van der Waals surface area contributed by atoms with E-state index in [9.17, 15) is 4.79 Å². The average Bonchev–Trinajstić information content (AvgIpc) is 2.86. The molecule has 1 aromatic heterocycles. The molecule has 1 amide bonds. The number of para-hydroxylation sites is 1. The van der Waals surface area contributed by atoms with Gasteiger partial charge in [0.1, 0.15) is 5.82 Å². The molecule has 3 aromatic rings. The van der Waals surface area contributed by atoms with E-state index >= 15 is 0 Å². The summed E-state index contributed by atoms with van der Waals surface area (Å²) in [6.07, 6.45) is 0.471. The van der Waals surface area contributed by atoms with E-state index in [4.69, 9.17) is 21.6 Å². The number of aromatic nitrogens is 2. The quantitative estimate of drug-likeness (QED) is 0.456. The predicted octanol–water partition coefficient (Wildman–Crippen LogP) is 4.97. The van der Waals surface area contributed by atoms with Gasteiger partial charge in [-0.1, -0.05) is 56.6 Å². The molecule has 1 fully saturated rings. The summed E-state index contributed by atoms with van der Waals surface area (Å²) in [5.74, 6) is 2.10. The summed E-state index contributed by atoms with van der Waals surface area (Å²) in [5, 5.41) is 1.61.